The number of benzene rings is 1. The van der Waals surface area contributed by atoms with Crippen LogP contribution >= 0.6 is 15.9 Å². The molecule has 0 unspecified atom stereocenters. The Labute approximate surface area is 128 Å². The molecule has 0 aromatic heterocycles. The standard InChI is InChI=1S/C15H21BrN2O2/c1-2-3-4-5-6-10-14(19)17-18-15(20)12-8-7-9-13(16)11-12/h7-9,11H,2-6,10H2,1H3,(H,17,19)(H,18,20). The van der Waals surface area contributed by atoms with E-state index in [1.165, 1.54) is 12.8 Å². The number of carbonyl (C=O) groups excluding carboxylic acids is 2. The van der Waals surface area contributed by atoms with Gasteiger partial charge in [-0.05, 0) is 24.6 Å². The van der Waals surface area contributed by atoms with Gasteiger partial charge < -0.3 is 0 Å². The first-order valence-corrected chi connectivity index (χ1v) is 7.77. The first kappa shape index (κ1) is 16.7. The van der Waals surface area contributed by atoms with Crippen molar-refractivity contribution in [2.24, 2.45) is 0 Å². The van der Waals surface area contributed by atoms with Crippen LogP contribution in [0.25, 0.3) is 0 Å². The number of halogens is 1. The maximum atomic E-state index is 11.8. The lowest BCUT2D eigenvalue weighted by atomic mass is 10.1. The quantitative estimate of drug-likeness (QED) is 0.588. The largest absolute Gasteiger partial charge is 0.273 e. The van der Waals surface area contributed by atoms with Gasteiger partial charge in [-0.2, -0.15) is 0 Å². The number of hydrogen-bond acceptors (Lipinski definition) is 2. The van der Waals surface area contributed by atoms with Gasteiger partial charge in [-0.3, -0.25) is 20.4 Å². The van der Waals surface area contributed by atoms with Crippen LogP contribution in [-0.2, 0) is 4.79 Å². The molecule has 2 N–H and O–H groups in total. The minimum absolute atomic E-state index is 0.148. The Morgan fingerprint density at radius 3 is 2.55 bits per heavy atom. The topological polar surface area (TPSA) is 58.2 Å². The van der Waals surface area contributed by atoms with E-state index < -0.39 is 0 Å². The van der Waals surface area contributed by atoms with E-state index in [0.29, 0.717) is 12.0 Å². The fraction of sp³-hybridized carbons (Fsp3) is 0.467. The summed E-state index contributed by atoms with van der Waals surface area (Å²) in [7, 11) is 0. The minimum atomic E-state index is -0.314. The van der Waals surface area contributed by atoms with E-state index in [4.69, 9.17) is 0 Å². The van der Waals surface area contributed by atoms with Crippen LogP contribution < -0.4 is 10.9 Å². The summed E-state index contributed by atoms with van der Waals surface area (Å²) >= 11 is 3.30. The Morgan fingerprint density at radius 1 is 1.10 bits per heavy atom. The maximum absolute atomic E-state index is 11.8. The van der Waals surface area contributed by atoms with Crippen molar-refractivity contribution >= 4 is 27.7 Å². The van der Waals surface area contributed by atoms with E-state index in [2.05, 4.69) is 33.7 Å². The highest BCUT2D eigenvalue weighted by Gasteiger charge is 2.07. The number of hydrazine groups is 1. The van der Waals surface area contributed by atoms with Gasteiger partial charge >= 0.3 is 0 Å². The third kappa shape index (κ3) is 6.70. The van der Waals surface area contributed by atoms with Crippen molar-refractivity contribution in [3.63, 3.8) is 0 Å². The number of amides is 2. The van der Waals surface area contributed by atoms with E-state index in [9.17, 15) is 9.59 Å². The molecular formula is C15H21BrN2O2. The molecule has 1 rings (SSSR count). The molecule has 5 heteroatoms. The second-order valence-electron chi connectivity index (χ2n) is 4.68. The first-order valence-electron chi connectivity index (χ1n) is 6.98. The summed E-state index contributed by atoms with van der Waals surface area (Å²) in [5, 5.41) is 0. The third-order valence-corrected chi connectivity index (χ3v) is 3.40. The Bertz CT molecular complexity index is 449. The number of unbranched alkanes of at least 4 members (excludes halogenated alkanes) is 4. The van der Waals surface area contributed by atoms with Crippen LogP contribution in [0.15, 0.2) is 28.7 Å². The molecule has 4 nitrogen and oxygen atoms in total. The molecule has 0 atom stereocenters. The summed E-state index contributed by atoms with van der Waals surface area (Å²) in [6.45, 7) is 2.16. The molecule has 0 aliphatic rings. The molecule has 0 saturated carbocycles. The zero-order chi connectivity index (χ0) is 14.8. The molecule has 0 heterocycles. The molecule has 1 aromatic carbocycles. The molecule has 0 aliphatic heterocycles. The molecule has 1 aromatic rings. The monoisotopic (exact) mass is 340 g/mol. The van der Waals surface area contributed by atoms with Crippen molar-refractivity contribution in [3.8, 4) is 0 Å². The zero-order valence-corrected chi connectivity index (χ0v) is 13.3. The van der Waals surface area contributed by atoms with E-state index in [0.717, 1.165) is 23.7 Å². The van der Waals surface area contributed by atoms with Gasteiger partial charge in [0.2, 0.25) is 5.91 Å². The molecule has 2 amide bonds. The van der Waals surface area contributed by atoms with E-state index >= 15 is 0 Å². The fourth-order valence-corrected chi connectivity index (χ4v) is 2.18. The minimum Gasteiger partial charge on any atom is -0.273 e. The molecule has 0 radical (unpaired) electrons. The SMILES string of the molecule is CCCCCCCC(=O)NNC(=O)c1cccc(Br)c1. The summed E-state index contributed by atoms with van der Waals surface area (Å²) in [4.78, 5) is 23.3. The van der Waals surface area contributed by atoms with Gasteiger partial charge in [0.1, 0.15) is 0 Å². The van der Waals surface area contributed by atoms with E-state index in [1.54, 1.807) is 18.2 Å². The second-order valence-corrected chi connectivity index (χ2v) is 5.59. The number of hydrogen-bond donors (Lipinski definition) is 2. The van der Waals surface area contributed by atoms with Crippen LogP contribution in [0.3, 0.4) is 0 Å². The molecule has 110 valence electrons. The Balaban J connectivity index is 2.22. The van der Waals surface area contributed by atoms with Crippen molar-refractivity contribution in [3.05, 3.63) is 34.3 Å². The molecular weight excluding hydrogens is 320 g/mol. The van der Waals surface area contributed by atoms with Gasteiger partial charge in [-0.15, -0.1) is 0 Å². The summed E-state index contributed by atoms with van der Waals surface area (Å²) in [6, 6.07) is 7.00. The number of carbonyl (C=O) groups is 2. The first-order chi connectivity index (χ1) is 9.63. The van der Waals surface area contributed by atoms with Gasteiger partial charge in [0.05, 0.1) is 0 Å². The smallest absolute Gasteiger partial charge is 0.269 e. The highest BCUT2D eigenvalue weighted by molar-refractivity contribution is 9.10. The van der Waals surface area contributed by atoms with Gasteiger partial charge in [0.25, 0.3) is 5.91 Å². The lowest BCUT2D eigenvalue weighted by molar-refractivity contribution is -0.122. The van der Waals surface area contributed by atoms with Crippen molar-refractivity contribution in [1.29, 1.82) is 0 Å². The molecule has 0 spiro atoms. The Morgan fingerprint density at radius 2 is 1.85 bits per heavy atom. The third-order valence-electron chi connectivity index (χ3n) is 2.91. The van der Waals surface area contributed by atoms with Crippen LogP contribution in [0.2, 0.25) is 0 Å². The lowest BCUT2D eigenvalue weighted by Crippen LogP contribution is -2.41. The molecule has 0 saturated heterocycles. The molecule has 20 heavy (non-hydrogen) atoms. The van der Waals surface area contributed by atoms with E-state index in [-0.39, 0.29) is 11.8 Å². The van der Waals surface area contributed by atoms with Crippen LogP contribution in [0.4, 0.5) is 0 Å². The van der Waals surface area contributed by atoms with Crippen LogP contribution in [-0.4, -0.2) is 11.8 Å². The maximum Gasteiger partial charge on any atom is 0.269 e. The van der Waals surface area contributed by atoms with Crippen molar-refractivity contribution in [2.75, 3.05) is 0 Å². The van der Waals surface area contributed by atoms with E-state index in [1.807, 2.05) is 6.07 Å². The van der Waals surface area contributed by atoms with Gasteiger partial charge in [-0.1, -0.05) is 54.6 Å². The normalized spacial score (nSPS) is 10.1. The van der Waals surface area contributed by atoms with Crippen LogP contribution in [0.5, 0.6) is 0 Å². The average Bonchev–Trinajstić information content (AvgIpc) is 2.44. The van der Waals surface area contributed by atoms with Gasteiger partial charge in [-0.25, -0.2) is 0 Å². The highest BCUT2D eigenvalue weighted by Crippen LogP contribution is 2.11. The zero-order valence-electron chi connectivity index (χ0n) is 11.7. The van der Waals surface area contributed by atoms with Gasteiger partial charge in [0, 0.05) is 16.5 Å². The van der Waals surface area contributed by atoms with Crippen LogP contribution in [0.1, 0.15) is 55.8 Å². The average molecular weight is 341 g/mol. The summed E-state index contributed by atoms with van der Waals surface area (Å²) in [5.41, 5.74) is 5.36. The molecule has 0 aliphatic carbocycles. The van der Waals surface area contributed by atoms with Gasteiger partial charge in [0.15, 0.2) is 0 Å². The Hall–Kier alpha value is -1.36. The predicted molar refractivity (Wildman–Crippen MR) is 83.1 cm³/mol. The number of nitrogens with one attached hydrogen (secondary N) is 2. The summed E-state index contributed by atoms with van der Waals surface area (Å²) in [6.07, 6.45) is 5.92. The summed E-state index contributed by atoms with van der Waals surface area (Å²) < 4.78 is 0.826. The highest BCUT2D eigenvalue weighted by atomic mass is 79.9. The second kappa shape index (κ2) is 9.53. The number of rotatable bonds is 7. The molecule has 0 fully saturated rings. The molecule has 0 bridgehead atoms. The summed E-state index contributed by atoms with van der Waals surface area (Å²) in [5.74, 6) is -0.463. The fourth-order valence-electron chi connectivity index (χ4n) is 1.78. The lowest BCUT2D eigenvalue weighted by Gasteiger charge is -2.07. The Kier molecular flexibility index (Phi) is 7.95. The van der Waals surface area contributed by atoms with Crippen LogP contribution in [0, 0.1) is 0 Å². The predicted octanol–water partition coefficient (Wildman–Crippen LogP) is 3.57. The van der Waals surface area contributed by atoms with Crippen molar-refractivity contribution in [1.82, 2.24) is 10.9 Å². The van der Waals surface area contributed by atoms with Crippen molar-refractivity contribution < 1.29 is 9.59 Å². The van der Waals surface area contributed by atoms with Crippen molar-refractivity contribution in [2.45, 2.75) is 45.4 Å².